The highest BCUT2D eigenvalue weighted by Crippen LogP contribution is 2.22. The van der Waals surface area contributed by atoms with Gasteiger partial charge in [-0.25, -0.2) is 0 Å². The molecule has 0 fully saturated rings. The Bertz CT molecular complexity index is 510. The average molecular weight is 399 g/mol. The fraction of sp³-hybridized carbons (Fsp3) is 0.724. The van der Waals surface area contributed by atoms with Crippen LogP contribution in [0.25, 0.3) is 0 Å². The summed E-state index contributed by atoms with van der Waals surface area (Å²) in [5.74, 6) is 2.69. The lowest BCUT2D eigenvalue weighted by atomic mass is 9.91. The maximum atomic E-state index is 2.49. The van der Waals surface area contributed by atoms with Crippen LogP contribution in [-0.2, 0) is 6.42 Å². The van der Waals surface area contributed by atoms with Crippen molar-refractivity contribution < 1.29 is 0 Å². The topological polar surface area (TPSA) is 0 Å². The van der Waals surface area contributed by atoms with Crippen molar-refractivity contribution in [2.75, 3.05) is 0 Å². The van der Waals surface area contributed by atoms with Crippen LogP contribution in [0.3, 0.4) is 0 Å². The quantitative estimate of drug-likeness (QED) is 0.181. The van der Waals surface area contributed by atoms with Crippen LogP contribution in [0.4, 0.5) is 0 Å². The maximum Gasteiger partial charge on any atom is -0.0279 e. The van der Waals surface area contributed by atoms with E-state index in [1.54, 1.807) is 5.57 Å². The van der Waals surface area contributed by atoms with Gasteiger partial charge in [-0.3, -0.25) is 0 Å². The van der Waals surface area contributed by atoms with Crippen molar-refractivity contribution in [2.24, 2.45) is 17.8 Å². The molecule has 0 aliphatic heterocycles. The lowest BCUT2D eigenvalue weighted by Gasteiger charge is -2.15. The highest BCUT2D eigenvalue weighted by Gasteiger charge is 2.06. The molecule has 0 spiro atoms. The summed E-state index contributed by atoms with van der Waals surface area (Å²) in [4.78, 5) is 0. The molecule has 2 unspecified atom stereocenters. The maximum absolute atomic E-state index is 2.49. The van der Waals surface area contributed by atoms with Gasteiger partial charge < -0.3 is 0 Å². The largest absolute Gasteiger partial charge is 0.0856 e. The van der Waals surface area contributed by atoms with E-state index in [4.69, 9.17) is 0 Å². The molecule has 0 heterocycles. The monoisotopic (exact) mass is 398 g/mol. The molecule has 1 rings (SSSR count). The molecule has 0 aromatic heterocycles. The van der Waals surface area contributed by atoms with Crippen molar-refractivity contribution >= 4 is 0 Å². The lowest BCUT2D eigenvalue weighted by Crippen LogP contribution is -2.00. The molecule has 29 heavy (non-hydrogen) atoms. The summed E-state index contributed by atoms with van der Waals surface area (Å²) in [7, 11) is 0. The molecule has 0 aliphatic carbocycles. The van der Waals surface area contributed by atoms with E-state index in [0.29, 0.717) is 0 Å². The van der Waals surface area contributed by atoms with E-state index in [1.165, 1.54) is 89.0 Å². The highest BCUT2D eigenvalue weighted by atomic mass is 14.1. The van der Waals surface area contributed by atoms with E-state index in [0.717, 1.165) is 17.8 Å². The van der Waals surface area contributed by atoms with Gasteiger partial charge in [0, 0.05) is 0 Å². The second kappa shape index (κ2) is 16.7. The first-order valence-electron chi connectivity index (χ1n) is 12.7. The fourth-order valence-electron chi connectivity index (χ4n) is 4.28. The van der Waals surface area contributed by atoms with E-state index in [-0.39, 0.29) is 0 Å². The predicted octanol–water partition coefficient (Wildman–Crippen LogP) is 9.78. The van der Waals surface area contributed by atoms with Crippen LogP contribution in [0.1, 0.15) is 117 Å². The van der Waals surface area contributed by atoms with Crippen LogP contribution in [-0.4, -0.2) is 0 Å². The Balaban J connectivity index is 1.99. The molecule has 2 atom stereocenters. The van der Waals surface area contributed by atoms with Crippen LogP contribution in [0.2, 0.25) is 0 Å². The summed E-state index contributed by atoms with van der Waals surface area (Å²) in [6, 6.07) is 10.9. The van der Waals surface area contributed by atoms with Crippen LogP contribution in [0.5, 0.6) is 0 Å². The van der Waals surface area contributed by atoms with Crippen molar-refractivity contribution in [2.45, 2.75) is 118 Å². The van der Waals surface area contributed by atoms with E-state index >= 15 is 0 Å². The molecule has 0 amide bonds. The number of rotatable bonds is 17. The zero-order valence-corrected chi connectivity index (χ0v) is 20.4. The normalized spacial score (nSPS) is 14.3. The summed E-state index contributed by atoms with van der Waals surface area (Å²) in [5, 5.41) is 0. The van der Waals surface area contributed by atoms with Gasteiger partial charge in [-0.05, 0) is 68.8 Å². The van der Waals surface area contributed by atoms with E-state index < -0.39 is 0 Å². The Morgan fingerprint density at radius 2 is 1.31 bits per heavy atom. The van der Waals surface area contributed by atoms with Gasteiger partial charge in [0.25, 0.3) is 0 Å². The Kier molecular flexibility index (Phi) is 15.0. The molecular weight excluding hydrogens is 348 g/mol. The average Bonchev–Trinajstić information content (AvgIpc) is 2.68. The van der Waals surface area contributed by atoms with Crippen molar-refractivity contribution in [3.8, 4) is 0 Å². The number of hydrogen-bond donors (Lipinski definition) is 0. The third-order valence-corrected chi connectivity index (χ3v) is 6.40. The molecule has 0 saturated heterocycles. The molecule has 0 radical (unpaired) electrons. The molecule has 0 N–H and O–H groups in total. The molecule has 0 nitrogen and oxygen atoms in total. The minimum atomic E-state index is 0.869. The van der Waals surface area contributed by atoms with Crippen molar-refractivity contribution in [1.29, 1.82) is 0 Å². The van der Waals surface area contributed by atoms with Gasteiger partial charge >= 0.3 is 0 Å². The van der Waals surface area contributed by atoms with Gasteiger partial charge in [0.15, 0.2) is 0 Å². The zero-order chi connectivity index (χ0) is 21.3. The second-order valence-corrected chi connectivity index (χ2v) is 10.1. The van der Waals surface area contributed by atoms with Crippen LogP contribution < -0.4 is 0 Å². The van der Waals surface area contributed by atoms with Gasteiger partial charge in [0.1, 0.15) is 0 Å². The summed E-state index contributed by atoms with van der Waals surface area (Å²) < 4.78 is 0. The van der Waals surface area contributed by atoms with Crippen LogP contribution in [0, 0.1) is 17.8 Å². The lowest BCUT2D eigenvalue weighted by molar-refractivity contribution is 0.389. The van der Waals surface area contributed by atoms with Crippen molar-refractivity contribution in [3.63, 3.8) is 0 Å². The van der Waals surface area contributed by atoms with Gasteiger partial charge in [-0.2, -0.15) is 0 Å². The SMILES string of the molecule is CC(=CCCCCc1ccccc1)CCCC(C)CCCC(C)CCCC(C)C. The molecule has 0 aliphatic rings. The zero-order valence-electron chi connectivity index (χ0n) is 20.4. The Morgan fingerprint density at radius 3 is 1.93 bits per heavy atom. The third kappa shape index (κ3) is 15.5. The summed E-state index contributed by atoms with van der Waals surface area (Å²) in [6.45, 7) is 11.9. The molecule has 1 aromatic carbocycles. The summed E-state index contributed by atoms with van der Waals surface area (Å²) >= 11 is 0. The first kappa shape index (κ1) is 26.0. The van der Waals surface area contributed by atoms with Crippen molar-refractivity contribution in [3.05, 3.63) is 47.5 Å². The fourth-order valence-corrected chi connectivity index (χ4v) is 4.28. The highest BCUT2D eigenvalue weighted by molar-refractivity contribution is 5.14. The van der Waals surface area contributed by atoms with E-state index in [9.17, 15) is 0 Å². The van der Waals surface area contributed by atoms with Crippen LogP contribution in [0.15, 0.2) is 42.0 Å². The smallest absolute Gasteiger partial charge is 0.0279 e. The summed E-state index contributed by atoms with van der Waals surface area (Å²) in [6.07, 6.45) is 20.2. The number of aryl methyl sites for hydroxylation is 1. The minimum absolute atomic E-state index is 0.869. The third-order valence-electron chi connectivity index (χ3n) is 6.40. The standard InChI is InChI=1S/C29H50/c1-25(2)15-12-17-27(4)19-14-21-28(5)20-13-18-26(3)16-8-6-9-22-29-23-10-7-11-24-29/h7,10-11,16,23-25,27-28H,6,8-9,12-15,17-22H2,1-5H3. The molecule has 0 heteroatoms. The molecule has 0 bridgehead atoms. The van der Waals surface area contributed by atoms with Gasteiger partial charge in [-0.15, -0.1) is 0 Å². The Morgan fingerprint density at radius 1 is 0.724 bits per heavy atom. The first-order chi connectivity index (χ1) is 14.0. The molecular formula is C29H50. The number of allylic oxidation sites excluding steroid dienone is 2. The van der Waals surface area contributed by atoms with Gasteiger partial charge in [0.05, 0.1) is 0 Å². The van der Waals surface area contributed by atoms with E-state index in [1.807, 2.05) is 0 Å². The minimum Gasteiger partial charge on any atom is -0.0856 e. The van der Waals surface area contributed by atoms with E-state index in [2.05, 4.69) is 71.0 Å². The first-order valence-corrected chi connectivity index (χ1v) is 12.7. The Labute approximate surface area is 183 Å². The van der Waals surface area contributed by atoms with Crippen LogP contribution >= 0.6 is 0 Å². The number of benzene rings is 1. The number of hydrogen-bond acceptors (Lipinski definition) is 0. The van der Waals surface area contributed by atoms with Gasteiger partial charge in [-0.1, -0.05) is 115 Å². The molecule has 166 valence electrons. The molecule has 1 aromatic rings. The predicted molar refractivity (Wildman–Crippen MR) is 132 cm³/mol. The molecule has 0 saturated carbocycles. The van der Waals surface area contributed by atoms with Crippen molar-refractivity contribution in [1.82, 2.24) is 0 Å². The van der Waals surface area contributed by atoms with Gasteiger partial charge in [0.2, 0.25) is 0 Å². The second-order valence-electron chi connectivity index (χ2n) is 10.1. The number of unbranched alkanes of at least 4 members (excludes halogenated alkanes) is 2. The summed E-state index contributed by atoms with van der Waals surface area (Å²) in [5.41, 5.74) is 3.09. The Hall–Kier alpha value is -1.04.